The van der Waals surface area contributed by atoms with Crippen molar-refractivity contribution in [3.05, 3.63) is 28.8 Å². The minimum Gasteiger partial charge on any atom is -0.272 e. The predicted molar refractivity (Wildman–Crippen MR) is 59.7 cm³/mol. The summed E-state index contributed by atoms with van der Waals surface area (Å²) < 4.78 is 60.5. The lowest BCUT2D eigenvalue weighted by atomic mass is 10.2. The summed E-state index contributed by atoms with van der Waals surface area (Å²) in [5.41, 5.74) is -1.16. The first-order valence-corrected chi connectivity index (χ1v) is 6.57. The second kappa shape index (κ2) is 4.38. The highest BCUT2D eigenvalue weighted by atomic mass is 35.5. The molecular formula is C9H9ClF3NO2S. The second-order valence-corrected chi connectivity index (χ2v) is 5.82. The molecule has 96 valence electrons. The van der Waals surface area contributed by atoms with Gasteiger partial charge in [0.25, 0.3) is 0 Å². The molecule has 3 nitrogen and oxygen atoms in total. The van der Waals surface area contributed by atoms with Gasteiger partial charge >= 0.3 is 6.18 Å². The SMILES string of the molecule is CN(c1cc(C(F)(F)F)ccc1Cl)S(C)(=O)=O. The molecule has 0 unspecified atom stereocenters. The molecule has 0 fully saturated rings. The van der Waals surface area contributed by atoms with Crippen LogP contribution < -0.4 is 4.31 Å². The Morgan fingerprint density at radius 2 is 1.82 bits per heavy atom. The van der Waals surface area contributed by atoms with E-state index in [4.69, 9.17) is 11.6 Å². The average Bonchev–Trinajstić information content (AvgIpc) is 2.14. The highest BCUT2D eigenvalue weighted by molar-refractivity contribution is 7.92. The van der Waals surface area contributed by atoms with Crippen LogP contribution in [0.1, 0.15) is 5.56 Å². The Morgan fingerprint density at radius 1 is 1.29 bits per heavy atom. The molecule has 0 saturated carbocycles. The molecule has 0 N–H and O–H groups in total. The van der Waals surface area contributed by atoms with Gasteiger partial charge in [0.05, 0.1) is 22.5 Å². The molecule has 1 aromatic carbocycles. The molecule has 0 bridgehead atoms. The van der Waals surface area contributed by atoms with E-state index in [9.17, 15) is 21.6 Å². The Labute approximate surface area is 102 Å². The summed E-state index contributed by atoms with van der Waals surface area (Å²) in [6.45, 7) is 0. The summed E-state index contributed by atoms with van der Waals surface area (Å²) in [5.74, 6) is 0. The van der Waals surface area contributed by atoms with Crippen LogP contribution in [0.25, 0.3) is 0 Å². The summed E-state index contributed by atoms with van der Waals surface area (Å²) in [6, 6.07) is 2.51. The summed E-state index contributed by atoms with van der Waals surface area (Å²) in [5, 5.41) is -0.0640. The summed E-state index contributed by atoms with van der Waals surface area (Å²) in [4.78, 5) is 0. The Balaban J connectivity index is 3.35. The van der Waals surface area contributed by atoms with E-state index < -0.39 is 21.8 Å². The Hall–Kier alpha value is -0.950. The number of anilines is 1. The van der Waals surface area contributed by atoms with E-state index in [0.717, 1.165) is 25.4 Å². The van der Waals surface area contributed by atoms with Gasteiger partial charge in [-0.2, -0.15) is 13.2 Å². The van der Waals surface area contributed by atoms with Gasteiger partial charge in [-0.1, -0.05) is 11.6 Å². The second-order valence-electron chi connectivity index (χ2n) is 3.39. The van der Waals surface area contributed by atoms with E-state index in [1.807, 2.05) is 0 Å². The highest BCUT2D eigenvalue weighted by Crippen LogP contribution is 2.35. The van der Waals surface area contributed by atoms with Gasteiger partial charge in [-0.05, 0) is 18.2 Å². The van der Waals surface area contributed by atoms with Crippen LogP contribution in [0.15, 0.2) is 18.2 Å². The lowest BCUT2D eigenvalue weighted by Crippen LogP contribution is -2.25. The van der Waals surface area contributed by atoms with Crippen molar-refractivity contribution < 1.29 is 21.6 Å². The van der Waals surface area contributed by atoms with Gasteiger partial charge in [-0.15, -0.1) is 0 Å². The highest BCUT2D eigenvalue weighted by Gasteiger charge is 2.31. The lowest BCUT2D eigenvalue weighted by molar-refractivity contribution is -0.137. The first kappa shape index (κ1) is 14.1. The van der Waals surface area contributed by atoms with E-state index >= 15 is 0 Å². The largest absolute Gasteiger partial charge is 0.416 e. The number of sulfonamides is 1. The lowest BCUT2D eigenvalue weighted by Gasteiger charge is -2.19. The number of alkyl halides is 3. The van der Waals surface area contributed by atoms with Crippen molar-refractivity contribution in [3.63, 3.8) is 0 Å². The molecule has 0 amide bonds. The Morgan fingerprint density at radius 3 is 2.24 bits per heavy atom. The maximum absolute atomic E-state index is 12.4. The third-order valence-electron chi connectivity index (χ3n) is 2.11. The summed E-state index contributed by atoms with van der Waals surface area (Å²) in [7, 11) is -2.52. The van der Waals surface area contributed by atoms with Crippen LogP contribution in [-0.2, 0) is 16.2 Å². The Kier molecular flexibility index (Phi) is 3.63. The van der Waals surface area contributed by atoms with Gasteiger partial charge < -0.3 is 0 Å². The van der Waals surface area contributed by atoms with Crippen LogP contribution in [0.3, 0.4) is 0 Å². The summed E-state index contributed by atoms with van der Waals surface area (Å²) in [6.07, 6.45) is -3.67. The molecular weight excluding hydrogens is 279 g/mol. The van der Waals surface area contributed by atoms with E-state index in [0.29, 0.717) is 10.4 Å². The monoisotopic (exact) mass is 287 g/mol. The van der Waals surface area contributed by atoms with Gasteiger partial charge in [-0.3, -0.25) is 4.31 Å². The van der Waals surface area contributed by atoms with Gasteiger partial charge in [0.15, 0.2) is 0 Å². The van der Waals surface area contributed by atoms with Crippen molar-refractivity contribution in [1.29, 1.82) is 0 Å². The fourth-order valence-corrected chi connectivity index (χ4v) is 1.91. The quantitative estimate of drug-likeness (QED) is 0.839. The molecule has 0 atom stereocenters. The van der Waals surface area contributed by atoms with Crippen LogP contribution >= 0.6 is 11.6 Å². The van der Waals surface area contributed by atoms with Crippen molar-refractivity contribution >= 4 is 27.3 Å². The number of hydrogen-bond donors (Lipinski definition) is 0. The molecule has 0 aliphatic rings. The van der Waals surface area contributed by atoms with Crippen molar-refractivity contribution in [2.75, 3.05) is 17.6 Å². The van der Waals surface area contributed by atoms with Crippen LogP contribution in [0.2, 0.25) is 5.02 Å². The van der Waals surface area contributed by atoms with Crippen LogP contribution in [-0.4, -0.2) is 21.7 Å². The molecule has 0 heterocycles. The molecule has 1 rings (SSSR count). The maximum Gasteiger partial charge on any atom is 0.416 e. The minimum absolute atomic E-state index is 0.0640. The van der Waals surface area contributed by atoms with Crippen molar-refractivity contribution in [3.8, 4) is 0 Å². The molecule has 0 aliphatic heterocycles. The normalized spacial score (nSPS) is 12.6. The number of benzene rings is 1. The van der Waals surface area contributed by atoms with Crippen LogP contribution in [0, 0.1) is 0 Å². The maximum atomic E-state index is 12.4. The standard InChI is InChI=1S/C9H9ClF3NO2S/c1-14(17(2,15)16)8-5-6(9(11,12)13)3-4-7(8)10/h3-5H,1-2H3. The molecule has 0 spiro atoms. The molecule has 17 heavy (non-hydrogen) atoms. The van der Waals surface area contributed by atoms with Gasteiger partial charge in [-0.25, -0.2) is 8.42 Å². The number of hydrogen-bond acceptors (Lipinski definition) is 2. The zero-order valence-electron chi connectivity index (χ0n) is 8.92. The van der Waals surface area contributed by atoms with Gasteiger partial charge in [0.2, 0.25) is 10.0 Å². The van der Waals surface area contributed by atoms with Gasteiger partial charge in [0.1, 0.15) is 0 Å². The molecule has 8 heteroatoms. The number of halogens is 4. The van der Waals surface area contributed by atoms with E-state index in [1.165, 1.54) is 0 Å². The first-order chi connectivity index (χ1) is 7.53. The predicted octanol–water partition coefficient (Wildman–Crippen LogP) is 2.75. The number of nitrogens with zero attached hydrogens (tertiary/aromatic N) is 1. The molecule has 0 aromatic heterocycles. The summed E-state index contributed by atoms with van der Waals surface area (Å²) >= 11 is 5.67. The van der Waals surface area contributed by atoms with Crippen LogP contribution in [0.5, 0.6) is 0 Å². The molecule has 0 aliphatic carbocycles. The minimum atomic E-state index is -4.54. The zero-order valence-corrected chi connectivity index (χ0v) is 10.5. The zero-order chi connectivity index (χ0) is 13.4. The Bertz CT molecular complexity index is 528. The van der Waals surface area contributed by atoms with Gasteiger partial charge in [0, 0.05) is 7.05 Å². The third kappa shape index (κ3) is 3.26. The van der Waals surface area contributed by atoms with E-state index in [2.05, 4.69) is 0 Å². The van der Waals surface area contributed by atoms with Crippen molar-refractivity contribution in [1.82, 2.24) is 0 Å². The number of rotatable bonds is 2. The smallest absolute Gasteiger partial charge is 0.272 e. The van der Waals surface area contributed by atoms with Crippen molar-refractivity contribution in [2.45, 2.75) is 6.18 Å². The topological polar surface area (TPSA) is 37.4 Å². The molecule has 0 radical (unpaired) electrons. The molecule has 1 aromatic rings. The van der Waals surface area contributed by atoms with E-state index in [1.54, 1.807) is 0 Å². The average molecular weight is 288 g/mol. The fourth-order valence-electron chi connectivity index (χ4n) is 1.11. The first-order valence-electron chi connectivity index (χ1n) is 4.34. The van der Waals surface area contributed by atoms with Crippen LogP contribution in [0.4, 0.5) is 18.9 Å². The van der Waals surface area contributed by atoms with Crippen molar-refractivity contribution in [2.24, 2.45) is 0 Å². The van der Waals surface area contributed by atoms with E-state index in [-0.39, 0.29) is 10.7 Å². The fraction of sp³-hybridized carbons (Fsp3) is 0.333. The molecule has 0 saturated heterocycles. The third-order valence-corrected chi connectivity index (χ3v) is 3.62.